The Kier molecular flexibility index (Phi) is 5.18. The zero-order valence-electron chi connectivity index (χ0n) is 15.4. The van der Waals surface area contributed by atoms with Crippen molar-refractivity contribution in [2.24, 2.45) is 4.99 Å². The third-order valence-corrected chi connectivity index (χ3v) is 5.08. The summed E-state index contributed by atoms with van der Waals surface area (Å²) >= 11 is 1.24. The lowest BCUT2D eigenvalue weighted by atomic mass is 10.1. The smallest absolute Gasteiger partial charge is 0.264 e. The fourth-order valence-electron chi connectivity index (χ4n) is 2.75. The number of benzene rings is 2. The number of rotatable bonds is 4. The number of nitrogens with one attached hydrogen (secondary N) is 1. The summed E-state index contributed by atoms with van der Waals surface area (Å²) in [5.41, 5.74) is 1.95. The summed E-state index contributed by atoms with van der Waals surface area (Å²) in [5.74, 6) is 1.60. The molecule has 1 amide bonds. The molecule has 0 spiro atoms. The van der Waals surface area contributed by atoms with Crippen molar-refractivity contribution in [3.8, 4) is 23.1 Å². The van der Waals surface area contributed by atoms with Crippen LogP contribution in [0.25, 0.3) is 17.4 Å². The van der Waals surface area contributed by atoms with Gasteiger partial charge in [-0.3, -0.25) is 4.79 Å². The lowest BCUT2D eigenvalue weighted by Gasteiger charge is -1.99. The molecule has 1 saturated heterocycles. The first-order chi connectivity index (χ1) is 14.2. The number of nitrogens with zero attached hydrogens (tertiary/aromatic N) is 2. The van der Waals surface area contributed by atoms with Gasteiger partial charge in [-0.15, -0.1) is 0 Å². The standard InChI is InChI=1S/C22H15N3O3S/c1-27-16-8-6-15(7-9-16)24-22-25-21(26)20(29-22)12-17-10-11-19(28-17)18-5-3-2-4-14(18)13-23/h2-12H,1H3,(H,24,25,26)/b20-12-. The molecular weight excluding hydrogens is 386 g/mol. The normalized spacial score (nSPS) is 16.1. The van der Waals surface area contributed by atoms with Crippen LogP contribution in [0.2, 0.25) is 0 Å². The fourth-order valence-corrected chi connectivity index (χ4v) is 3.58. The topological polar surface area (TPSA) is 87.6 Å². The monoisotopic (exact) mass is 401 g/mol. The van der Waals surface area contributed by atoms with Gasteiger partial charge in [0, 0.05) is 11.6 Å². The Morgan fingerprint density at radius 1 is 1.14 bits per heavy atom. The van der Waals surface area contributed by atoms with Crippen LogP contribution in [0.5, 0.6) is 5.75 Å². The summed E-state index contributed by atoms with van der Waals surface area (Å²) in [4.78, 5) is 17.2. The van der Waals surface area contributed by atoms with E-state index in [0.29, 0.717) is 38.4 Å². The van der Waals surface area contributed by atoms with Gasteiger partial charge in [0.1, 0.15) is 17.3 Å². The summed E-state index contributed by atoms with van der Waals surface area (Å²) < 4.78 is 11.0. The zero-order chi connectivity index (χ0) is 20.2. The molecule has 0 radical (unpaired) electrons. The maximum Gasteiger partial charge on any atom is 0.264 e. The van der Waals surface area contributed by atoms with Crippen molar-refractivity contribution in [2.45, 2.75) is 0 Å². The van der Waals surface area contributed by atoms with Crippen LogP contribution in [0.3, 0.4) is 0 Å². The predicted molar refractivity (Wildman–Crippen MR) is 113 cm³/mol. The number of carbonyl (C=O) groups is 1. The van der Waals surface area contributed by atoms with E-state index in [1.54, 1.807) is 49.6 Å². The first-order valence-corrected chi connectivity index (χ1v) is 9.51. The molecule has 3 aromatic rings. The van der Waals surface area contributed by atoms with E-state index >= 15 is 0 Å². The fraction of sp³-hybridized carbons (Fsp3) is 0.0455. The second-order valence-corrected chi connectivity index (χ2v) is 7.07. The zero-order valence-corrected chi connectivity index (χ0v) is 16.2. The van der Waals surface area contributed by atoms with Crippen molar-refractivity contribution in [1.82, 2.24) is 5.32 Å². The quantitative estimate of drug-likeness (QED) is 0.639. The minimum atomic E-state index is -0.238. The Morgan fingerprint density at radius 3 is 2.69 bits per heavy atom. The summed E-state index contributed by atoms with van der Waals surface area (Å²) in [6, 6.07) is 20.1. The first-order valence-electron chi connectivity index (χ1n) is 8.69. The SMILES string of the molecule is COc1ccc(N=C2NC(=O)/C(=C/c3ccc(-c4ccccc4C#N)o3)S2)cc1. The van der Waals surface area contributed by atoms with E-state index in [1.165, 1.54) is 11.8 Å². The number of amides is 1. The van der Waals surface area contributed by atoms with Crippen LogP contribution < -0.4 is 10.1 Å². The largest absolute Gasteiger partial charge is 0.497 e. The third kappa shape index (κ3) is 4.08. The highest BCUT2D eigenvalue weighted by Gasteiger charge is 2.24. The first kappa shape index (κ1) is 18.6. The number of ether oxygens (including phenoxy) is 1. The molecule has 0 saturated carbocycles. The van der Waals surface area contributed by atoms with Gasteiger partial charge in [0.2, 0.25) is 0 Å². The highest BCUT2D eigenvalue weighted by atomic mass is 32.2. The molecule has 1 aliphatic heterocycles. The number of amidine groups is 1. The molecule has 0 bridgehead atoms. The molecule has 29 heavy (non-hydrogen) atoms. The number of carbonyl (C=O) groups excluding carboxylic acids is 1. The Balaban J connectivity index is 1.55. The van der Waals surface area contributed by atoms with Crippen molar-refractivity contribution in [2.75, 3.05) is 7.11 Å². The third-order valence-electron chi connectivity index (χ3n) is 4.17. The second-order valence-electron chi connectivity index (χ2n) is 6.04. The van der Waals surface area contributed by atoms with Crippen LogP contribution >= 0.6 is 11.8 Å². The number of nitriles is 1. The van der Waals surface area contributed by atoms with Gasteiger partial charge >= 0.3 is 0 Å². The summed E-state index contributed by atoms with van der Waals surface area (Å²) in [5, 5.41) is 12.5. The van der Waals surface area contributed by atoms with Crippen LogP contribution in [-0.2, 0) is 4.79 Å². The number of hydrogen-bond donors (Lipinski definition) is 1. The minimum absolute atomic E-state index is 0.238. The molecule has 6 nitrogen and oxygen atoms in total. The molecule has 1 aliphatic rings. The summed E-state index contributed by atoms with van der Waals surface area (Å²) in [6.07, 6.45) is 1.66. The molecule has 0 aliphatic carbocycles. The van der Waals surface area contributed by atoms with Gasteiger partial charge in [-0.25, -0.2) is 4.99 Å². The van der Waals surface area contributed by atoms with E-state index in [9.17, 15) is 10.1 Å². The van der Waals surface area contributed by atoms with Gasteiger partial charge in [0.25, 0.3) is 5.91 Å². The van der Waals surface area contributed by atoms with E-state index in [1.807, 2.05) is 24.3 Å². The highest BCUT2D eigenvalue weighted by molar-refractivity contribution is 8.18. The summed E-state index contributed by atoms with van der Waals surface area (Å²) in [7, 11) is 1.60. The van der Waals surface area contributed by atoms with E-state index in [2.05, 4.69) is 16.4 Å². The Morgan fingerprint density at radius 2 is 1.93 bits per heavy atom. The van der Waals surface area contributed by atoms with E-state index in [-0.39, 0.29) is 5.91 Å². The van der Waals surface area contributed by atoms with Gasteiger partial charge in [-0.05, 0) is 60.3 Å². The molecule has 2 heterocycles. The van der Waals surface area contributed by atoms with Gasteiger partial charge in [0.05, 0.1) is 29.3 Å². The van der Waals surface area contributed by atoms with Crippen LogP contribution in [0.4, 0.5) is 5.69 Å². The van der Waals surface area contributed by atoms with Gasteiger partial charge in [-0.1, -0.05) is 12.1 Å². The van der Waals surface area contributed by atoms with E-state index in [0.717, 1.165) is 5.75 Å². The molecule has 1 fully saturated rings. The predicted octanol–water partition coefficient (Wildman–Crippen LogP) is 4.72. The van der Waals surface area contributed by atoms with Crippen molar-refractivity contribution in [1.29, 1.82) is 5.26 Å². The van der Waals surface area contributed by atoms with Crippen molar-refractivity contribution >= 4 is 34.6 Å². The number of hydrogen-bond acceptors (Lipinski definition) is 6. The molecule has 7 heteroatoms. The Bertz CT molecular complexity index is 1170. The van der Waals surface area contributed by atoms with E-state index < -0.39 is 0 Å². The van der Waals surface area contributed by atoms with Crippen LogP contribution in [0.1, 0.15) is 11.3 Å². The van der Waals surface area contributed by atoms with Crippen molar-refractivity contribution in [3.63, 3.8) is 0 Å². The molecular formula is C22H15N3O3S. The van der Waals surface area contributed by atoms with Gasteiger partial charge in [-0.2, -0.15) is 5.26 Å². The maximum atomic E-state index is 12.3. The average Bonchev–Trinajstić information content (AvgIpc) is 3.35. The van der Waals surface area contributed by atoms with Gasteiger partial charge < -0.3 is 14.5 Å². The molecule has 0 atom stereocenters. The minimum Gasteiger partial charge on any atom is -0.497 e. The Hall–Kier alpha value is -3.76. The lowest BCUT2D eigenvalue weighted by molar-refractivity contribution is -0.115. The molecule has 1 aromatic heterocycles. The van der Waals surface area contributed by atoms with Crippen LogP contribution in [-0.4, -0.2) is 18.2 Å². The number of furan rings is 1. The van der Waals surface area contributed by atoms with Crippen molar-refractivity contribution < 1.29 is 13.9 Å². The van der Waals surface area contributed by atoms with Gasteiger partial charge in [0.15, 0.2) is 5.17 Å². The molecule has 1 N–H and O–H groups in total. The molecule has 0 unspecified atom stereocenters. The molecule has 142 valence electrons. The Labute approximate surface area is 171 Å². The molecule has 4 rings (SSSR count). The number of thioether (sulfide) groups is 1. The summed E-state index contributed by atoms with van der Waals surface area (Å²) in [6.45, 7) is 0. The lowest BCUT2D eigenvalue weighted by Crippen LogP contribution is -2.19. The molecule has 2 aromatic carbocycles. The van der Waals surface area contributed by atoms with E-state index in [4.69, 9.17) is 9.15 Å². The van der Waals surface area contributed by atoms with Crippen molar-refractivity contribution in [3.05, 3.63) is 76.9 Å². The van der Waals surface area contributed by atoms with Crippen LogP contribution in [0.15, 0.2) is 75.0 Å². The number of aliphatic imine (C=N–C) groups is 1. The average molecular weight is 401 g/mol. The second kappa shape index (κ2) is 8.09. The highest BCUT2D eigenvalue weighted by Crippen LogP contribution is 2.31. The van der Waals surface area contributed by atoms with Crippen LogP contribution in [0, 0.1) is 11.3 Å². The number of methoxy groups -OCH3 is 1. The maximum absolute atomic E-state index is 12.3.